The van der Waals surface area contributed by atoms with E-state index in [0.717, 1.165) is 21.5 Å². The summed E-state index contributed by atoms with van der Waals surface area (Å²) in [5, 5.41) is 3.35. The van der Waals surface area contributed by atoms with Crippen LogP contribution in [-0.4, -0.2) is 7.58 Å². The number of hydrogen-bond acceptors (Lipinski definition) is 2. The summed E-state index contributed by atoms with van der Waals surface area (Å²) in [7, 11) is 0. The van der Waals surface area contributed by atoms with Crippen molar-refractivity contribution < 1.29 is 9.59 Å². The molecule has 0 fully saturated rings. The summed E-state index contributed by atoms with van der Waals surface area (Å²) in [6, 6.07) is 15.2. The summed E-state index contributed by atoms with van der Waals surface area (Å²) in [6.45, 7) is 0. The fraction of sp³-hybridized carbons (Fsp3) is 0. The second kappa shape index (κ2) is 5.40. The maximum atomic E-state index is 12.1. The smallest absolute Gasteiger partial charge is 0.223 e. The monoisotopic (exact) mass is 486 g/mol. The van der Waals surface area contributed by atoms with Gasteiger partial charge in [0.05, 0.1) is 0 Å². The Balaban J connectivity index is 2.69. The summed E-state index contributed by atoms with van der Waals surface area (Å²) in [5.41, 5.74) is 1.36. The Bertz CT molecular complexity index is 740. The number of hydrogen-bond donors (Lipinski definition) is 0. The van der Waals surface area contributed by atoms with Crippen molar-refractivity contribution >= 4 is 74.3 Å². The molecule has 20 heavy (non-hydrogen) atoms. The third kappa shape index (κ3) is 2.14. The van der Waals surface area contributed by atoms with Gasteiger partial charge in [-0.05, 0) is 21.5 Å². The minimum Gasteiger partial charge on any atom is -0.282 e. The van der Waals surface area contributed by atoms with Gasteiger partial charge in [0, 0.05) is 56.3 Å². The number of rotatable bonds is 2. The molecular formula is C16H8I2O2. The highest BCUT2D eigenvalue weighted by Crippen LogP contribution is 2.35. The standard InChI is InChI=1S/C16H8I2O2/c17-15(19)13-9-5-1-2-6-10(9)14(16(18)20)12-8-4-3-7-11(12)13/h1-8H. The van der Waals surface area contributed by atoms with Gasteiger partial charge in [0.15, 0.2) is 0 Å². The Morgan fingerprint density at radius 1 is 0.600 bits per heavy atom. The molecule has 0 amide bonds. The summed E-state index contributed by atoms with van der Waals surface area (Å²) in [6.07, 6.45) is 0. The fourth-order valence-corrected chi connectivity index (χ4v) is 3.71. The van der Waals surface area contributed by atoms with Crippen LogP contribution in [0.15, 0.2) is 48.5 Å². The van der Waals surface area contributed by atoms with Crippen LogP contribution in [0.2, 0.25) is 0 Å². The van der Waals surface area contributed by atoms with E-state index in [9.17, 15) is 9.59 Å². The second-order valence-corrected chi connectivity index (χ2v) is 6.35. The normalized spacial score (nSPS) is 10.9. The molecule has 0 N–H and O–H groups in total. The van der Waals surface area contributed by atoms with Gasteiger partial charge in [-0.25, -0.2) is 0 Å². The van der Waals surface area contributed by atoms with Gasteiger partial charge in [0.2, 0.25) is 7.58 Å². The molecule has 0 atom stereocenters. The molecule has 0 saturated carbocycles. The minimum absolute atomic E-state index is 0.0116. The number of carbonyl (C=O) groups excluding carboxylic acids is 2. The molecular weight excluding hydrogens is 478 g/mol. The van der Waals surface area contributed by atoms with E-state index in [1.807, 2.05) is 93.7 Å². The largest absolute Gasteiger partial charge is 0.282 e. The topological polar surface area (TPSA) is 34.1 Å². The lowest BCUT2D eigenvalue weighted by Crippen LogP contribution is -1.99. The molecule has 0 bridgehead atoms. The van der Waals surface area contributed by atoms with Crippen molar-refractivity contribution in [3.8, 4) is 0 Å². The van der Waals surface area contributed by atoms with Crippen molar-refractivity contribution in [2.45, 2.75) is 0 Å². The summed E-state index contributed by atoms with van der Waals surface area (Å²) in [4.78, 5) is 24.1. The first-order valence-electron chi connectivity index (χ1n) is 5.94. The predicted octanol–water partition coefficient (Wildman–Crippen LogP) is 5.14. The quantitative estimate of drug-likeness (QED) is 0.286. The molecule has 2 nitrogen and oxygen atoms in total. The zero-order chi connectivity index (χ0) is 14.3. The van der Waals surface area contributed by atoms with Gasteiger partial charge in [-0.3, -0.25) is 9.59 Å². The van der Waals surface area contributed by atoms with Crippen LogP contribution in [0.25, 0.3) is 21.5 Å². The number of carbonyl (C=O) groups is 2. The lowest BCUT2D eigenvalue weighted by atomic mass is 9.93. The summed E-state index contributed by atoms with van der Waals surface area (Å²) >= 11 is 3.62. The third-order valence-electron chi connectivity index (χ3n) is 3.32. The lowest BCUT2D eigenvalue weighted by Gasteiger charge is -2.12. The van der Waals surface area contributed by atoms with Gasteiger partial charge in [0.25, 0.3) is 0 Å². The lowest BCUT2D eigenvalue weighted by molar-refractivity contribution is 0.109. The van der Waals surface area contributed by atoms with Crippen molar-refractivity contribution in [3.63, 3.8) is 0 Å². The highest BCUT2D eigenvalue weighted by atomic mass is 127. The Kier molecular flexibility index (Phi) is 3.76. The first-order valence-corrected chi connectivity index (χ1v) is 8.10. The third-order valence-corrected chi connectivity index (χ3v) is 4.40. The first kappa shape index (κ1) is 13.9. The molecule has 3 aromatic carbocycles. The van der Waals surface area contributed by atoms with Crippen LogP contribution in [0.4, 0.5) is 0 Å². The van der Waals surface area contributed by atoms with Crippen LogP contribution >= 0.6 is 45.2 Å². The maximum Gasteiger partial charge on any atom is 0.223 e. The van der Waals surface area contributed by atoms with Crippen LogP contribution < -0.4 is 0 Å². The average molecular weight is 486 g/mol. The number of benzene rings is 3. The Hall–Kier alpha value is -1.02. The molecule has 0 radical (unpaired) electrons. The van der Waals surface area contributed by atoms with Gasteiger partial charge < -0.3 is 0 Å². The van der Waals surface area contributed by atoms with Crippen molar-refractivity contribution in [2.75, 3.05) is 0 Å². The maximum absolute atomic E-state index is 12.1. The molecule has 3 aromatic rings. The molecule has 0 aliphatic carbocycles. The van der Waals surface area contributed by atoms with E-state index >= 15 is 0 Å². The van der Waals surface area contributed by atoms with E-state index in [0.29, 0.717) is 11.1 Å². The molecule has 3 rings (SSSR count). The van der Waals surface area contributed by atoms with Gasteiger partial charge in [-0.1, -0.05) is 48.5 Å². The van der Waals surface area contributed by atoms with E-state index in [4.69, 9.17) is 0 Å². The van der Waals surface area contributed by atoms with Gasteiger partial charge in [0.1, 0.15) is 0 Å². The van der Waals surface area contributed by atoms with Crippen molar-refractivity contribution in [1.82, 2.24) is 0 Å². The first-order chi connectivity index (χ1) is 9.61. The van der Waals surface area contributed by atoms with Crippen molar-refractivity contribution in [1.29, 1.82) is 0 Å². The van der Waals surface area contributed by atoms with Crippen LogP contribution in [0.1, 0.15) is 20.7 Å². The molecule has 0 saturated heterocycles. The molecule has 0 unspecified atom stereocenters. The highest BCUT2D eigenvalue weighted by Gasteiger charge is 2.19. The zero-order valence-corrected chi connectivity index (χ0v) is 14.5. The van der Waals surface area contributed by atoms with Crippen LogP contribution in [0.5, 0.6) is 0 Å². The predicted molar refractivity (Wildman–Crippen MR) is 98.2 cm³/mol. The molecule has 0 heterocycles. The van der Waals surface area contributed by atoms with Crippen LogP contribution in [0.3, 0.4) is 0 Å². The Morgan fingerprint density at radius 3 is 1.05 bits per heavy atom. The zero-order valence-electron chi connectivity index (χ0n) is 10.2. The molecule has 0 spiro atoms. The highest BCUT2D eigenvalue weighted by molar-refractivity contribution is 14.1. The number of halogens is 2. The SMILES string of the molecule is O=C(I)c1c2ccccc2c(C(=O)I)c2ccccc12. The molecule has 0 aromatic heterocycles. The molecule has 0 aliphatic heterocycles. The second-order valence-electron chi connectivity index (χ2n) is 4.39. The van der Waals surface area contributed by atoms with Crippen LogP contribution in [-0.2, 0) is 0 Å². The Morgan fingerprint density at radius 2 is 0.850 bits per heavy atom. The van der Waals surface area contributed by atoms with E-state index in [2.05, 4.69) is 0 Å². The van der Waals surface area contributed by atoms with Gasteiger partial charge in [-0.15, -0.1) is 0 Å². The summed E-state index contributed by atoms with van der Waals surface area (Å²) < 4.78 is -0.0232. The average Bonchev–Trinajstić information content (AvgIpc) is 2.43. The van der Waals surface area contributed by atoms with Crippen molar-refractivity contribution in [3.05, 3.63) is 59.7 Å². The van der Waals surface area contributed by atoms with E-state index in [1.54, 1.807) is 0 Å². The van der Waals surface area contributed by atoms with E-state index in [1.165, 1.54) is 0 Å². The van der Waals surface area contributed by atoms with E-state index < -0.39 is 0 Å². The minimum atomic E-state index is -0.0116. The van der Waals surface area contributed by atoms with Crippen LogP contribution in [0, 0.1) is 0 Å². The number of fused-ring (bicyclic) bond motifs is 2. The van der Waals surface area contributed by atoms with Gasteiger partial charge >= 0.3 is 0 Å². The summed E-state index contributed by atoms with van der Waals surface area (Å²) in [5.74, 6) is 0. The molecule has 98 valence electrons. The molecule has 4 heteroatoms. The van der Waals surface area contributed by atoms with Gasteiger partial charge in [-0.2, -0.15) is 0 Å². The molecule has 0 aliphatic rings. The Labute approximate surface area is 142 Å². The fourth-order valence-electron chi connectivity index (χ4n) is 2.55. The van der Waals surface area contributed by atoms with Crippen molar-refractivity contribution in [2.24, 2.45) is 0 Å². The van der Waals surface area contributed by atoms with E-state index in [-0.39, 0.29) is 7.58 Å².